The minimum atomic E-state index is -0.561. The summed E-state index contributed by atoms with van der Waals surface area (Å²) in [6, 6.07) is 10.0. The Hall–Kier alpha value is -1.55. The smallest absolute Gasteiger partial charge is 0.238 e. The van der Waals surface area contributed by atoms with Gasteiger partial charge in [0.1, 0.15) is 11.3 Å². The summed E-state index contributed by atoms with van der Waals surface area (Å²) in [5.74, 6) is 0.900. The molecule has 1 amide bonds. The SMILES string of the molecule is CC(C)NC1(C(N)=O)CCCC1CCOc1ccccc1. The van der Waals surface area contributed by atoms with Crippen LogP contribution >= 0.6 is 0 Å². The number of carbonyl (C=O) groups excluding carboxylic acids is 1. The molecule has 0 radical (unpaired) electrons. The third kappa shape index (κ3) is 3.76. The summed E-state index contributed by atoms with van der Waals surface area (Å²) in [6.07, 6.45) is 3.74. The van der Waals surface area contributed by atoms with E-state index in [1.165, 1.54) is 0 Å². The van der Waals surface area contributed by atoms with Gasteiger partial charge >= 0.3 is 0 Å². The first kappa shape index (κ1) is 15.8. The van der Waals surface area contributed by atoms with Gasteiger partial charge in [0.15, 0.2) is 0 Å². The zero-order chi connectivity index (χ0) is 15.3. The lowest BCUT2D eigenvalue weighted by atomic mass is 9.83. The summed E-state index contributed by atoms with van der Waals surface area (Å²) in [5.41, 5.74) is 5.15. The van der Waals surface area contributed by atoms with Crippen molar-refractivity contribution in [2.75, 3.05) is 6.61 Å². The topological polar surface area (TPSA) is 64.3 Å². The van der Waals surface area contributed by atoms with E-state index in [4.69, 9.17) is 10.5 Å². The number of para-hydroxylation sites is 1. The van der Waals surface area contributed by atoms with Crippen LogP contribution in [0.1, 0.15) is 39.5 Å². The van der Waals surface area contributed by atoms with Gasteiger partial charge in [0, 0.05) is 6.04 Å². The van der Waals surface area contributed by atoms with Crippen LogP contribution < -0.4 is 15.8 Å². The Morgan fingerprint density at radius 1 is 1.43 bits per heavy atom. The zero-order valence-electron chi connectivity index (χ0n) is 13.0. The van der Waals surface area contributed by atoms with Crippen molar-refractivity contribution in [3.8, 4) is 5.75 Å². The number of benzene rings is 1. The minimum Gasteiger partial charge on any atom is -0.494 e. The van der Waals surface area contributed by atoms with Crippen molar-refractivity contribution in [3.05, 3.63) is 30.3 Å². The normalized spacial score (nSPS) is 25.2. The van der Waals surface area contributed by atoms with E-state index in [2.05, 4.69) is 19.2 Å². The highest BCUT2D eigenvalue weighted by atomic mass is 16.5. The van der Waals surface area contributed by atoms with Gasteiger partial charge < -0.3 is 15.8 Å². The summed E-state index contributed by atoms with van der Waals surface area (Å²) in [5, 5.41) is 3.42. The molecule has 2 unspecified atom stereocenters. The molecule has 3 N–H and O–H groups in total. The minimum absolute atomic E-state index is 0.224. The number of carbonyl (C=O) groups is 1. The molecule has 1 aromatic carbocycles. The van der Waals surface area contributed by atoms with Gasteiger partial charge in [-0.05, 0) is 51.2 Å². The first-order chi connectivity index (χ1) is 10.0. The molecule has 116 valence electrons. The van der Waals surface area contributed by atoms with Crippen LogP contribution in [0, 0.1) is 5.92 Å². The average Bonchev–Trinajstić information content (AvgIpc) is 2.83. The highest BCUT2D eigenvalue weighted by molar-refractivity contribution is 5.85. The molecule has 21 heavy (non-hydrogen) atoms. The van der Waals surface area contributed by atoms with Gasteiger partial charge in [-0.3, -0.25) is 4.79 Å². The van der Waals surface area contributed by atoms with E-state index in [-0.39, 0.29) is 17.9 Å². The van der Waals surface area contributed by atoms with Crippen LogP contribution in [0.2, 0.25) is 0 Å². The Bertz CT molecular complexity index is 461. The monoisotopic (exact) mass is 290 g/mol. The molecule has 1 saturated carbocycles. The quantitative estimate of drug-likeness (QED) is 0.811. The van der Waals surface area contributed by atoms with Crippen LogP contribution in [0.4, 0.5) is 0 Å². The van der Waals surface area contributed by atoms with E-state index < -0.39 is 5.54 Å². The Kier molecular flexibility index (Phi) is 5.23. The van der Waals surface area contributed by atoms with Crippen LogP contribution in [0.5, 0.6) is 5.75 Å². The molecular weight excluding hydrogens is 264 g/mol. The van der Waals surface area contributed by atoms with Gasteiger partial charge in [-0.1, -0.05) is 24.6 Å². The molecule has 4 heteroatoms. The molecule has 2 rings (SSSR count). The van der Waals surface area contributed by atoms with Crippen LogP contribution in [-0.2, 0) is 4.79 Å². The maximum absolute atomic E-state index is 12.0. The van der Waals surface area contributed by atoms with Gasteiger partial charge in [-0.25, -0.2) is 0 Å². The van der Waals surface area contributed by atoms with Gasteiger partial charge in [-0.15, -0.1) is 0 Å². The van der Waals surface area contributed by atoms with Crippen LogP contribution in [0.25, 0.3) is 0 Å². The van der Waals surface area contributed by atoms with Crippen LogP contribution in [0.3, 0.4) is 0 Å². The number of primary amides is 1. The standard InChI is InChI=1S/C17H26N2O2/c1-13(2)19-17(16(18)20)11-6-7-14(17)10-12-21-15-8-4-3-5-9-15/h3-5,8-9,13-14,19H,6-7,10-12H2,1-2H3,(H2,18,20). The van der Waals surface area contributed by atoms with Crippen molar-refractivity contribution < 1.29 is 9.53 Å². The van der Waals surface area contributed by atoms with Crippen molar-refractivity contribution in [3.63, 3.8) is 0 Å². The van der Waals surface area contributed by atoms with Crippen LogP contribution in [-0.4, -0.2) is 24.1 Å². The molecule has 1 aromatic rings. The molecule has 0 spiro atoms. The lowest BCUT2D eigenvalue weighted by Crippen LogP contribution is -2.60. The second kappa shape index (κ2) is 6.94. The summed E-state index contributed by atoms with van der Waals surface area (Å²) in [6.45, 7) is 4.73. The van der Waals surface area contributed by atoms with E-state index in [0.717, 1.165) is 31.4 Å². The van der Waals surface area contributed by atoms with Crippen molar-refractivity contribution in [2.45, 2.75) is 51.1 Å². The molecular formula is C17H26N2O2. The number of hydrogen-bond acceptors (Lipinski definition) is 3. The predicted octanol–water partition coefficient (Wildman–Crippen LogP) is 2.48. The van der Waals surface area contributed by atoms with E-state index in [1.807, 2.05) is 30.3 Å². The van der Waals surface area contributed by atoms with Crippen molar-refractivity contribution in [1.82, 2.24) is 5.32 Å². The zero-order valence-corrected chi connectivity index (χ0v) is 13.0. The number of nitrogens with two attached hydrogens (primary N) is 1. The maximum Gasteiger partial charge on any atom is 0.238 e. The van der Waals surface area contributed by atoms with Gasteiger partial charge in [0.05, 0.1) is 6.61 Å². The number of amides is 1. The maximum atomic E-state index is 12.0. The van der Waals surface area contributed by atoms with E-state index in [0.29, 0.717) is 6.61 Å². The third-order valence-corrected chi connectivity index (χ3v) is 4.28. The molecule has 1 aliphatic rings. The Morgan fingerprint density at radius 3 is 2.76 bits per heavy atom. The van der Waals surface area contributed by atoms with Gasteiger partial charge in [0.2, 0.25) is 5.91 Å². The number of ether oxygens (including phenoxy) is 1. The largest absolute Gasteiger partial charge is 0.494 e. The lowest BCUT2D eigenvalue weighted by Gasteiger charge is -2.35. The summed E-state index contributed by atoms with van der Waals surface area (Å²) in [7, 11) is 0. The van der Waals surface area contributed by atoms with Gasteiger partial charge in [0.25, 0.3) is 0 Å². The third-order valence-electron chi connectivity index (χ3n) is 4.28. The first-order valence-electron chi connectivity index (χ1n) is 7.80. The Balaban J connectivity index is 1.95. The second-order valence-corrected chi connectivity index (χ2v) is 6.17. The van der Waals surface area contributed by atoms with E-state index >= 15 is 0 Å². The molecule has 4 nitrogen and oxygen atoms in total. The average molecular weight is 290 g/mol. The molecule has 0 bridgehead atoms. The molecule has 0 saturated heterocycles. The summed E-state index contributed by atoms with van der Waals surface area (Å²) < 4.78 is 5.77. The molecule has 2 atom stereocenters. The number of rotatable bonds is 7. The Morgan fingerprint density at radius 2 is 2.14 bits per heavy atom. The fourth-order valence-electron chi connectivity index (χ4n) is 3.40. The highest BCUT2D eigenvalue weighted by Gasteiger charge is 2.47. The van der Waals surface area contributed by atoms with E-state index in [1.54, 1.807) is 0 Å². The molecule has 0 aliphatic heterocycles. The lowest BCUT2D eigenvalue weighted by molar-refractivity contribution is -0.126. The fourth-order valence-corrected chi connectivity index (χ4v) is 3.40. The molecule has 1 fully saturated rings. The predicted molar refractivity (Wildman–Crippen MR) is 84.1 cm³/mol. The Labute approximate surface area is 127 Å². The molecule has 1 aliphatic carbocycles. The summed E-state index contributed by atoms with van der Waals surface area (Å²) in [4.78, 5) is 12.0. The first-order valence-corrected chi connectivity index (χ1v) is 7.80. The van der Waals surface area contributed by atoms with Crippen molar-refractivity contribution >= 4 is 5.91 Å². The second-order valence-electron chi connectivity index (χ2n) is 6.17. The fraction of sp³-hybridized carbons (Fsp3) is 0.588. The van der Waals surface area contributed by atoms with Crippen molar-refractivity contribution in [2.24, 2.45) is 11.7 Å². The summed E-state index contributed by atoms with van der Waals surface area (Å²) >= 11 is 0. The van der Waals surface area contributed by atoms with Gasteiger partial charge in [-0.2, -0.15) is 0 Å². The highest BCUT2D eigenvalue weighted by Crippen LogP contribution is 2.38. The number of hydrogen-bond donors (Lipinski definition) is 2. The van der Waals surface area contributed by atoms with E-state index in [9.17, 15) is 4.79 Å². The van der Waals surface area contributed by atoms with Crippen LogP contribution in [0.15, 0.2) is 30.3 Å². The number of nitrogens with one attached hydrogen (secondary N) is 1. The molecule has 0 heterocycles. The van der Waals surface area contributed by atoms with Crippen molar-refractivity contribution in [1.29, 1.82) is 0 Å². The molecule has 0 aromatic heterocycles.